The van der Waals surface area contributed by atoms with Crippen LogP contribution in [0.25, 0.3) is 0 Å². The summed E-state index contributed by atoms with van der Waals surface area (Å²) in [4.78, 5) is 23.9. The zero-order valence-corrected chi connectivity index (χ0v) is 12.4. The van der Waals surface area contributed by atoms with Crippen molar-refractivity contribution in [3.63, 3.8) is 0 Å². The summed E-state index contributed by atoms with van der Waals surface area (Å²) in [5.74, 6) is -1.35. The molecule has 6 heteroatoms. The van der Waals surface area contributed by atoms with Crippen LogP contribution in [0.3, 0.4) is 0 Å². The summed E-state index contributed by atoms with van der Waals surface area (Å²) in [6.07, 6.45) is 0. The van der Waals surface area contributed by atoms with Crippen LogP contribution in [-0.4, -0.2) is 11.9 Å². The number of hydrogen-bond acceptors (Lipinski definition) is 4. The molecule has 2 aromatic carbocycles. The van der Waals surface area contributed by atoms with Crippen molar-refractivity contribution in [2.75, 3.05) is 5.32 Å². The fourth-order valence-corrected chi connectivity index (χ4v) is 2.56. The largest absolute Gasteiger partial charge is 0.421 e. The fraction of sp³-hybridized carbons (Fsp3) is 0.0667. The Kier molecular flexibility index (Phi) is 3.17. The quantitative estimate of drug-likeness (QED) is 0.836. The van der Waals surface area contributed by atoms with Gasteiger partial charge in [0.05, 0.1) is 5.56 Å². The summed E-state index contributed by atoms with van der Waals surface area (Å²) in [6.45, 7) is 0. The van der Waals surface area contributed by atoms with Crippen LogP contribution >= 0.6 is 15.9 Å². The van der Waals surface area contributed by atoms with Crippen LogP contribution < -0.4 is 11.1 Å². The smallest absolute Gasteiger partial charge is 0.341 e. The summed E-state index contributed by atoms with van der Waals surface area (Å²) in [6, 6.07) is 13.8. The van der Waals surface area contributed by atoms with Gasteiger partial charge in [-0.1, -0.05) is 34.1 Å². The van der Waals surface area contributed by atoms with Crippen molar-refractivity contribution in [1.29, 1.82) is 0 Å². The topological polar surface area (TPSA) is 81.4 Å². The Morgan fingerprint density at radius 2 is 1.81 bits per heavy atom. The molecule has 1 atom stereocenters. The van der Waals surface area contributed by atoms with Gasteiger partial charge < -0.3 is 15.8 Å². The average Bonchev–Trinajstić information content (AvgIpc) is 2.76. The van der Waals surface area contributed by atoms with Crippen LogP contribution in [0.4, 0.5) is 5.69 Å². The van der Waals surface area contributed by atoms with Gasteiger partial charge in [-0.25, -0.2) is 4.79 Å². The number of carbonyl (C=O) groups excluding carboxylic acids is 2. The monoisotopic (exact) mass is 346 g/mol. The first-order chi connectivity index (χ1) is 10.0. The maximum Gasteiger partial charge on any atom is 0.341 e. The molecule has 2 aromatic rings. The molecule has 0 saturated heterocycles. The zero-order chi connectivity index (χ0) is 15.0. The van der Waals surface area contributed by atoms with Gasteiger partial charge in [0.2, 0.25) is 0 Å². The lowest BCUT2D eigenvalue weighted by Crippen LogP contribution is -2.48. The minimum Gasteiger partial charge on any atom is -0.421 e. The Morgan fingerprint density at radius 3 is 2.48 bits per heavy atom. The molecule has 21 heavy (non-hydrogen) atoms. The number of cyclic esters (lactones) is 1. The van der Waals surface area contributed by atoms with Gasteiger partial charge in [-0.05, 0) is 30.3 Å². The van der Waals surface area contributed by atoms with Crippen LogP contribution in [0.5, 0.6) is 0 Å². The molecule has 0 radical (unpaired) electrons. The highest BCUT2D eigenvalue weighted by Gasteiger charge is 2.50. The minimum atomic E-state index is -1.68. The van der Waals surface area contributed by atoms with E-state index in [1.165, 1.54) is 0 Å². The number of nitrogens with two attached hydrogens (primary N) is 1. The number of nitrogens with one attached hydrogen (secondary N) is 1. The van der Waals surface area contributed by atoms with Crippen molar-refractivity contribution in [2.24, 2.45) is 5.73 Å². The third-order valence-electron chi connectivity index (χ3n) is 3.28. The van der Waals surface area contributed by atoms with E-state index >= 15 is 0 Å². The highest BCUT2D eigenvalue weighted by Crippen LogP contribution is 2.37. The Labute approximate surface area is 129 Å². The van der Waals surface area contributed by atoms with E-state index in [-0.39, 0.29) is 0 Å². The van der Waals surface area contributed by atoms with Gasteiger partial charge in [0.25, 0.3) is 11.6 Å². The molecule has 106 valence electrons. The van der Waals surface area contributed by atoms with Crippen LogP contribution in [0, 0.1) is 0 Å². The normalized spacial score (nSPS) is 19.8. The molecule has 0 aromatic heterocycles. The Bertz CT molecular complexity index is 730. The minimum absolute atomic E-state index is 0.334. The molecule has 5 nitrogen and oxygen atoms in total. The number of rotatable bonds is 3. The van der Waals surface area contributed by atoms with Gasteiger partial charge in [0, 0.05) is 15.7 Å². The second kappa shape index (κ2) is 4.89. The molecule has 1 aliphatic rings. The molecular formula is C15H11BrN2O3. The third-order valence-corrected chi connectivity index (χ3v) is 3.81. The molecule has 1 unspecified atom stereocenters. The van der Waals surface area contributed by atoms with Crippen molar-refractivity contribution < 1.29 is 14.3 Å². The van der Waals surface area contributed by atoms with E-state index in [2.05, 4.69) is 21.2 Å². The number of halogens is 1. The number of primary amides is 1. The van der Waals surface area contributed by atoms with E-state index in [0.717, 1.165) is 4.47 Å². The van der Waals surface area contributed by atoms with Crippen molar-refractivity contribution >= 4 is 33.5 Å². The van der Waals surface area contributed by atoms with E-state index < -0.39 is 17.6 Å². The van der Waals surface area contributed by atoms with E-state index in [1.54, 1.807) is 48.5 Å². The van der Waals surface area contributed by atoms with Gasteiger partial charge in [0.15, 0.2) is 0 Å². The number of fused-ring (bicyclic) bond motifs is 1. The lowest BCUT2D eigenvalue weighted by molar-refractivity contribution is -0.134. The molecule has 0 spiro atoms. The number of amides is 1. The molecule has 3 N–H and O–H groups in total. The van der Waals surface area contributed by atoms with Gasteiger partial charge in [-0.3, -0.25) is 4.79 Å². The van der Waals surface area contributed by atoms with Crippen LogP contribution in [0.15, 0.2) is 53.0 Å². The SMILES string of the molecule is NC(=O)C1(Nc2ccc(Br)cc2)OC(=O)c2ccccc21. The first-order valence-electron chi connectivity index (χ1n) is 6.19. The number of ether oxygens (including phenoxy) is 1. The van der Waals surface area contributed by atoms with Crippen molar-refractivity contribution in [2.45, 2.75) is 5.72 Å². The predicted octanol–water partition coefficient (Wildman–Crippen LogP) is 2.37. The first kappa shape index (κ1) is 13.6. The average molecular weight is 347 g/mol. The summed E-state index contributed by atoms with van der Waals surface area (Å²) in [7, 11) is 0. The molecular weight excluding hydrogens is 336 g/mol. The van der Waals surface area contributed by atoms with Crippen LogP contribution in [-0.2, 0) is 15.3 Å². The number of carbonyl (C=O) groups is 2. The summed E-state index contributed by atoms with van der Waals surface area (Å²) in [5.41, 5.74) is 5.19. The lowest BCUT2D eigenvalue weighted by atomic mass is 9.99. The van der Waals surface area contributed by atoms with Gasteiger partial charge in [-0.15, -0.1) is 0 Å². The summed E-state index contributed by atoms with van der Waals surface area (Å²) >= 11 is 3.33. The molecule has 1 amide bonds. The van der Waals surface area contributed by atoms with Crippen LogP contribution in [0.1, 0.15) is 15.9 Å². The summed E-state index contributed by atoms with van der Waals surface area (Å²) < 4.78 is 6.17. The fourth-order valence-electron chi connectivity index (χ4n) is 2.29. The Morgan fingerprint density at radius 1 is 1.14 bits per heavy atom. The van der Waals surface area contributed by atoms with E-state index in [0.29, 0.717) is 16.8 Å². The zero-order valence-electron chi connectivity index (χ0n) is 10.8. The molecule has 0 aliphatic carbocycles. The maximum atomic E-state index is 12.0. The van der Waals surface area contributed by atoms with Crippen molar-refractivity contribution in [3.8, 4) is 0 Å². The molecule has 0 bridgehead atoms. The number of benzene rings is 2. The molecule has 3 rings (SSSR count). The summed E-state index contributed by atoms with van der Waals surface area (Å²) in [5, 5.41) is 2.93. The maximum absolute atomic E-state index is 12.0. The Balaban J connectivity index is 2.08. The predicted molar refractivity (Wildman–Crippen MR) is 80.5 cm³/mol. The molecule has 0 saturated carbocycles. The first-order valence-corrected chi connectivity index (χ1v) is 6.99. The van der Waals surface area contributed by atoms with Crippen molar-refractivity contribution in [3.05, 3.63) is 64.1 Å². The highest BCUT2D eigenvalue weighted by atomic mass is 79.9. The Hall–Kier alpha value is -2.34. The van der Waals surface area contributed by atoms with E-state index in [9.17, 15) is 9.59 Å². The third kappa shape index (κ3) is 2.17. The van der Waals surface area contributed by atoms with E-state index in [1.807, 2.05) is 0 Å². The van der Waals surface area contributed by atoms with Gasteiger partial charge >= 0.3 is 5.97 Å². The standard InChI is InChI=1S/C15H11BrN2O3/c16-9-5-7-10(8-6-9)18-15(14(17)20)12-4-2-1-3-11(12)13(19)21-15/h1-8,18H,(H2,17,20). The van der Waals surface area contributed by atoms with Gasteiger partial charge in [-0.2, -0.15) is 0 Å². The number of esters is 1. The van der Waals surface area contributed by atoms with Crippen molar-refractivity contribution in [1.82, 2.24) is 0 Å². The van der Waals surface area contributed by atoms with Gasteiger partial charge in [0.1, 0.15) is 0 Å². The second-order valence-electron chi connectivity index (χ2n) is 4.61. The molecule has 1 heterocycles. The second-order valence-corrected chi connectivity index (χ2v) is 5.53. The molecule has 0 fully saturated rings. The lowest BCUT2D eigenvalue weighted by Gasteiger charge is -2.27. The highest BCUT2D eigenvalue weighted by molar-refractivity contribution is 9.10. The van der Waals surface area contributed by atoms with Crippen LogP contribution in [0.2, 0.25) is 0 Å². The van der Waals surface area contributed by atoms with E-state index in [4.69, 9.17) is 10.5 Å². The number of hydrogen-bond donors (Lipinski definition) is 2. The molecule has 1 aliphatic heterocycles. The number of anilines is 1.